The summed E-state index contributed by atoms with van der Waals surface area (Å²) in [7, 11) is 1.40. The Balaban J connectivity index is 1.79. The van der Waals surface area contributed by atoms with Crippen molar-refractivity contribution in [2.45, 2.75) is 26.9 Å². The molecule has 0 N–H and O–H groups in total. The molecule has 0 radical (unpaired) electrons. The fourth-order valence-electron chi connectivity index (χ4n) is 2.18. The monoisotopic (exact) mass is 362 g/mol. The molecule has 0 bridgehead atoms. The average Bonchev–Trinajstić information content (AvgIpc) is 2.61. The van der Waals surface area contributed by atoms with Crippen LogP contribution in [0.4, 0.5) is 0 Å². The summed E-state index contributed by atoms with van der Waals surface area (Å²) in [4.78, 5) is 11.6. The molecule has 0 amide bonds. The quantitative estimate of drug-likeness (QED) is 0.627. The Morgan fingerprint density at radius 1 is 0.960 bits per heavy atom. The summed E-state index contributed by atoms with van der Waals surface area (Å²) in [5.74, 6) is 1.26. The molecule has 0 aromatic heterocycles. The van der Waals surface area contributed by atoms with E-state index < -0.39 is 5.41 Å². The molecule has 0 unspecified atom stereocenters. The van der Waals surface area contributed by atoms with Gasteiger partial charge in [0.2, 0.25) is 0 Å². The van der Waals surface area contributed by atoms with E-state index in [9.17, 15) is 4.79 Å². The van der Waals surface area contributed by atoms with Crippen LogP contribution >= 0.6 is 11.6 Å². The Morgan fingerprint density at radius 2 is 1.52 bits per heavy atom. The molecule has 0 atom stereocenters. The highest BCUT2D eigenvalue weighted by molar-refractivity contribution is 6.30. The third kappa shape index (κ3) is 5.98. The van der Waals surface area contributed by atoms with Crippen LogP contribution in [0.3, 0.4) is 0 Å². The lowest BCUT2D eigenvalue weighted by Gasteiger charge is -2.21. The maximum Gasteiger partial charge on any atom is 0.311 e. The van der Waals surface area contributed by atoms with Gasteiger partial charge in [0, 0.05) is 5.02 Å². The summed E-state index contributed by atoms with van der Waals surface area (Å²) in [5.41, 5.74) is 0.492. The predicted octanol–water partition coefficient (Wildman–Crippen LogP) is 4.89. The van der Waals surface area contributed by atoms with Gasteiger partial charge >= 0.3 is 5.97 Å². The molecule has 25 heavy (non-hydrogen) atoms. The van der Waals surface area contributed by atoms with Crippen molar-refractivity contribution in [2.75, 3.05) is 13.7 Å². The molecule has 2 rings (SSSR count). The first-order chi connectivity index (χ1) is 11.9. The standard InChI is InChI=1S/C20H23ClO4/c1-20(2,19(22)23-3)12-13-24-17-8-10-18(11-9-17)25-14-15-4-6-16(21)7-5-15/h4-11H,12-14H2,1-3H3. The molecule has 0 saturated heterocycles. The maximum atomic E-state index is 11.6. The second kappa shape index (κ2) is 8.77. The van der Waals surface area contributed by atoms with Gasteiger partial charge < -0.3 is 14.2 Å². The number of carbonyl (C=O) groups is 1. The third-order valence-electron chi connectivity index (χ3n) is 3.88. The van der Waals surface area contributed by atoms with E-state index in [1.54, 1.807) is 0 Å². The molecular weight excluding hydrogens is 340 g/mol. The van der Waals surface area contributed by atoms with Gasteiger partial charge in [0.25, 0.3) is 0 Å². The summed E-state index contributed by atoms with van der Waals surface area (Å²) in [6.07, 6.45) is 0.578. The minimum Gasteiger partial charge on any atom is -0.494 e. The topological polar surface area (TPSA) is 44.8 Å². The largest absolute Gasteiger partial charge is 0.494 e. The van der Waals surface area contributed by atoms with E-state index in [1.165, 1.54) is 7.11 Å². The highest BCUT2D eigenvalue weighted by Gasteiger charge is 2.28. The maximum absolute atomic E-state index is 11.6. The van der Waals surface area contributed by atoms with Crippen LogP contribution in [0.25, 0.3) is 0 Å². The number of rotatable bonds is 8. The second-order valence-corrected chi connectivity index (χ2v) is 6.80. The molecule has 4 nitrogen and oxygen atoms in total. The number of esters is 1. The van der Waals surface area contributed by atoms with Crippen molar-refractivity contribution < 1.29 is 19.0 Å². The van der Waals surface area contributed by atoms with E-state index in [0.29, 0.717) is 24.7 Å². The summed E-state index contributed by atoms with van der Waals surface area (Å²) in [6.45, 7) is 4.60. The van der Waals surface area contributed by atoms with Crippen molar-refractivity contribution in [1.82, 2.24) is 0 Å². The number of methoxy groups -OCH3 is 1. The Hall–Kier alpha value is -2.20. The van der Waals surface area contributed by atoms with Crippen LogP contribution in [-0.2, 0) is 16.1 Å². The van der Waals surface area contributed by atoms with Crippen molar-refractivity contribution in [2.24, 2.45) is 5.41 Å². The van der Waals surface area contributed by atoms with Crippen LogP contribution in [-0.4, -0.2) is 19.7 Å². The molecule has 134 valence electrons. The van der Waals surface area contributed by atoms with Crippen LogP contribution in [0.15, 0.2) is 48.5 Å². The van der Waals surface area contributed by atoms with Gasteiger partial charge in [0.15, 0.2) is 0 Å². The summed E-state index contributed by atoms with van der Waals surface area (Å²) < 4.78 is 16.2. The van der Waals surface area contributed by atoms with Crippen LogP contribution in [0.2, 0.25) is 5.02 Å². The first-order valence-corrected chi connectivity index (χ1v) is 8.47. The molecule has 5 heteroatoms. The van der Waals surface area contributed by atoms with Crippen LogP contribution in [0, 0.1) is 5.41 Å². The summed E-state index contributed by atoms with van der Waals surface area (Å²) in [5, 5.41) is 0.709. The van der Waals surface area contributed by atoms with Gasteiger partial charge in [0.05, 0.1) is 19.1 Å². The zero-order valence-electron chi connectivity index (χ0n) is 14.8. The van der Waals surface area contributed by atoms with E-state index in [-0.39, 0.29) is 5.97 Å². The van der Waals surface area contributed by atoms with Gasteiger partial charge in [-0.3, -0.25) is 4.79 Å². The molecule has 0 aliphatic heterocycles. The highest BCUT2D eigenvalue weighted by Crippen LogP contribution is 2.24. The lowest BCUT2D eigenvalue weighted by atomic mass is 9.90. The van der Waals surface area contributed by atoms with Crippen molar-refractivity contribution in [1.29, 1.82) is 0 Å². The lowest BCUT2D eigenvalue weighted by molar-refractivity contribution is -0.151. The van der Waals surface area contributed by atoms with Gasteiger partial charge in [-0.15, -0.1) is 0 Å². The third-order valence-corrected chi connectivity index (χ3v) is 4.13. The summed E-state index contributed by atoms with van der Waals surface area (Å²) in [6, 6.07) is 15.0. The Labute approximate surface area is 153 Å². The van der Waals surface area contributed by atoms with Crippen LogP contribution in [0.5, 0.6) is 11.5 Å². The zero-order valence-corrected chi connectivity index (χ0v) is 15.5. The van der Waals surface area contributed by atoms with E-state index in [1.807, 2.05) is 62.4 Å². The van der Waals surface area contributed by atoms with Crippen LogP contribution < -0.4 is 9.47 Å². The highest BCUT2D eigenvalue weighted by atomic mass is 35.5. The Bertz CT molecular complexity index is 678. The van der Waals surface area contributed by atoms with Gasteiger partial charge in [-0.1, -0.05) is 23.7 Å². The second-order valence-electron chi connectivity index (χ2n) is 6.36. The number of halogens is 1. The average molecular weight is 363 g/mol. The fraction of sp³-hybridized carbons (Fsp3) is 0.350. The molecule has 0 saturated carbocycles. The molecule has 0 fully saturated rings. The Morgan fingerprint density at radius 3 is 2.08 bits per heavy atom. The van der Waals surface area contributed by atoms with Gasteiger partial charge in [-0.05, 0) is 62.2 Å². The van der Waals surface area contributed by atoms with Gasteiger partial charge in [-0.2, -0.15) is 0 Å². The number of hydrogen-bond donors (Lipinski definition) is 0. The van der Waals surface area contributed by atoms with E-state index in [2.05, 4.69) is 0 Å². The lowest BCUT2D eigenvalue weighted by Crippen LogP contribution is -2.27. The normalized spacial score (nSPS) is 11.0. The van der Waals surface area contributed by atoms with Crippen molar-refractivity contribution in [3.8, 4) is 11.5 Å². The van der Waals surface area contributed by atoms with Crippen molar-refractivity contribution in [3.63, 3.8) is 0 Å². The van der Waals surface area contributed by atoms with E-state index in [4.69, 9.17) is 25.8 Å². The van der Waals surface area contributed by atoms with Crippen LogP contribution in [0.1, 0.15) is 25.8 Å². The smallest absolute Gasteiger partial charge is 0.311 e. The van der Waals surface area contributed by atoms with Gasteiger partial charge in [-0.25, -0.2) is 0 Å². The van der Waals surface area contributed by atoms with Crippen molar-refractivity contribution >= 4 is 17.6 Å². The number of carbonyl (C=O) groups excluding carboxylic acids is 1. The van der Waals surface area contributed by atoms with Gasteiger partial charge in [0.1, 0.15) is 18.1 Å². The molecule has 2 aromatic rings. The molecule has 2 aromatic carbocycles. The van der Waals surface area contributed by atoms with E-state index in [0.717, 1.165) is 17.1 Å². The molecular formula is C20H23ClO4. The molecule has 0 spiro atoms. The number of benzene rings is 2. The Kier molecular flexibility index (Phi) is 6.71. The SMILES string of the molecule is COC(=O)C(C)(C)CCOc1ccc(OCc2ccc(Cl)cc2)cc1. The predicted molar refractivity (Wildman–Crippen MR) is 98.1 cm³/mol. The molecule has 0 aliphatic carbocycles. The van der Waals surface area contributed by atoms with Crippen molar-refractivity contribution in [3.05, 3.63) is 59.1 Å². The minimum absolute atomic E-state index is 0.234. The summed E-state index contributed by atoms with van der Waals surface area (Å²) >= 11 is 5.86. The molecule has 0 heterocycles. The number of ether oxygens (including phenoxy) is 3. The fourth-order valence-corrected chi connectivity index (χ4v) is 2.31. The molecule has 0 aliphatic rings. The first-order valence-electron chi connectivity index (χ1n) is 8.09. The van der Waals surface area contributed by atoms with E-state index >= 15 is 0 Å². The minimum atomic E-state index is -0.559. The zero-order chi connectivity index (χ0) is 18.3. The first kappa shape index (κ1) is 19.1. The number of hydrogen-bond acceptors (Lipinski definition) is 4.